The van der Waals surface area contributed by atoms with Crippen molar-refractivity contribution >= 4 is 29.7 Å². The maximum absolute atomic E-state index is 10.2. The van der Waals surface area contributed by atoms with Crippen LogP contribution in [-0.2, 0) is 14.4 Å². The molecule has 0 aliphatic rings. The summed E-state index contributed by atoms with van der Waals surface area (Å²) in [6.45, 7) is 0.604. The lowest BCUT2D eigenvalue weighted by molar-refractivity contribution is -0.139. The van der Waals surface area contributed by atoms with Gasteiger partial charge in [-0.15, -0.1) is 0 Å². The van der Waals surface area contributed by atoms with Crippen molar-refractivity contribution in [3.05, 3.63) is 0 Å². The Morgan fingerprint density at radius 3 is 1.82 bits per heavy atom. The first kappa shape index (κ1) is 22.9. The first-order chi connectivity index (χ1) is 10.2. The largest absolute Gasteiger partial charge is 0.481 e. The Hall–Kier alpha value is -1.36. The van der Waals surface area contributed by atoms with Crippen LogP contribution in [0.25, 0.3) is 0 Å². The van der Waals surface area contributed by atoms with Gasteiger partial charge in [-0.3, -0.25) is 14.4 Å². The average molecular weight is 339 g/mol. The molecule has 0 saturated carbocycles. The van der Waals surface area contributed by atoms with E-state index in [1.54, 1.807) is 0 Å². The number of carbonyl (C=O) groups is 3. The summed E-state index contributed by atoms with van der Waals surface area (Å²) in [7, 11) is 0. The minimum Gasteiger partial charge on any atom is -0.481 e. The second kappa shape index (κ2) is 14.6. The van der Waals surface area contributed by atoms with Crippen LogP contribution in [-0.4, -0.2) is 63.4 Å². The fraction of sp³-hybridized carbons (Fsp3) is 0.750. The van der Waals surface area contributed by atoms with Gasteiger partial charge >= 0.3 is 17.9 Å². The Labute approximate surface area is 133 Å². The van der Waals surface area contributed by atoms with Crippen LogP contribution in [0.15, 0.2) is 0 Å². The second-order valence-electron chi connectivity index (χ2n) is 4.41. The fourth-order valence-corrected chi connectivity index (χ4v) is 1.86. The van der Waals surface area contributed by atoms with Crippen molar-refractivity contribution in [3.8, 4) is 0 Å². The predicted octanol–water partition coefficient (Wildman–Crippen LogP) is -0.866. The van der Waals surface area contributed by atoms with E-state index in [4.69, 9.17) is 32.5 Å². The molecule has 0 bridgehead atoms. The number of thioether (sulfide) groups is 1. The number of hydrogen-bond donors (Lipinski definition) is 6. The molecule has 0 saturated heterocycles. The highest BCUT2D eigenvalue weighted by atomic mass is 32.2. The highest BCUT2D eigenvalue weighted by Crippen LogP contribution is 2.03. The first-order valence-electron chi connectivity index (χ1n) is 6.68. The van der Waals surface area contributed by atoms with Crippen LogP contribution in [0.2, 0.25) is 0 Å². The topological polar surface area (TPSA) is 190 Å². The smallest absolute Gasteiger partial charge is 0.320 e. The number of nitrogens with two attached hydrogens (primary N) is 3. The summed E-state index contributed by atoms with van der Waals surface area (Å²) in [5.74, 6) is -2.43. The van der Waals surface area contributed by atoms with Gasteiger partial charge in [-0.2, -0.15) is 11.8 Å². The molecule has 0 aromatic carbocycles. The van der Waals surface area contributed by atoms with Gasteiger partial charge in [0, 0.05) is 0 Å². The maximum Gasteiger partial charge on any atom is 0.320 e. The lowest BCUT2D eigenvalue weighted by Crippen LogP contribution is -2.30. The van der Waals surface area contributed by atoms with Crippen molar-refractivity contribution in [1.82, 2.24) is 0 Å². The van der Waals surface area contributed by atoms with Crippen LogP contribution in [0, 0.1) is 0 Å². The molecule has 0 aliphatic heterocycles. The molecule has 130 valence electrons. The van der Waals surface area contributed by atoms with Crippen LogP contribution in [0.3, 0.4) is 0 Å². The molecule has 0 aliphatic carbocycles. The molecule has 0 spiro atoms. The molecule has 0 fully saturated rings. The Morgan fingerprint density at radius 2 is 1.41 bits per heavy atom. The summed E-state index contributed by atoms with van der Waals surface area (Å²) in [6, 6.07) is -1.60. The number of aliphatic carboxylic acids is 3. The molecule has 9 N–H and O–H groups in total. The maximum atomic E-state index is 10.2. The van der Waals surface area contributed by atoms with Crippen LogP contribution in [0.4, 0.5) is 0 Å². The van der Waals surface area contributed by atoms with Crippen LogP contribution >= 0.6 is 11.8 Å². The molecular weight excluding hydrogens is 314 g/mol. The third-order valence-corrected chi connectivity index (χ3v) is 3.38. The summed E-state index contributed by atoms with van der Waals surface area (Å²) in [5.41, 5.74) is 15.6. The summed E-state index contributed by atoms with van der Waals surface area (Å²) in [6.07, 6.45) is 2.46. The van der Waals surface area contributed by atoms with Gasteiger partial charge in [-0.1, -0.05) is 6.42 Å². The fourth-order valence-electron chi connectivity index (χ4n) is 1.13. The van der Waals surface area contributed by atoms with E-state index in [2.05, 4.69) is 0 Å². The van der Waals surface area contributed by atoms with E-state index >= 15 is 0 Å². The lowest BCUT2D eigenvalue weighted by Gasteiger charge is -2.03. The molecule has 2 atom stereocenters. The Kier molecular flexibility index (Phi) is 15.2. The van der Waals surface area contributed by atoms with Crippen molar-refractivity contribution < 1.29 is 29.7 Å². The highest BCUT2D eigenvalue weighted by molar-refractivity contribution is 7.99. The number of rotatable bonds is 11. The van der Waals surface area contributed by atoms with Gasteiger partial charge in [0.25, 0.3) is 0 Å². The molecule has 9 nitrogen and oxygen atoms in total. The predicted molar refractivity (Wildman–Crippen MR) is 83.7 cm³/mol. The van der Waals surface area contributed by atoms with Gasteiger partial charge in [0.1, 0.15) is 12.1 Å². The minimum atomic E-state index is -1.05. The van der Waals surface area contributed by atoms with Gasteiger partial charge in [-0.05, 0) is 31.6 Å². The number of carboxylic acid groups (broad SMARTS) is 3. The minimum absolute atomic E-state index is 0.00760. The van der Waals surface area contributed by atoms with Gasteiger partial charge in [0.2, 0.25) is 0 Å². The van der Waals surface area contributed by atoms with Crippen molar-refractivity contribution in [1.29, 1.82) is 0 Å². The third-order valence-electron chi connectivity index (χ3n) is 2.40. The van der Waals surface area contributed by atoms with E-state index in [0.717, 1.165) is 24.6 Å². The average Bonchev–Trinajstić information content (AvgIpc) is 2.43. The van der Waals surface area contributed by atoms with Crippen LogP contribution < -0.4 is 17.2 Å². The molecule has 0 heterocycles. The molecule has 0 aromatic rings. The Balaban J connectivity index is 0. The zero-order chi connectivity index (χ0) is 17.5. The van der Waals surface area contributed by atoms with E-state index in [1.807, 2.05) is 0 Å². The van der Waals surface area contributed by atoms with Crippen molar-refractivity contribution in [3.63, 3.8) is 0 Å². The Morgan fingerprint density at radius 1 is 0.909 bits per heavy atom. The quantitative estimate of drug-likeness (QED) is 0.258. The monoisotopic (exact) mass is 339 g/mol. The number of hydrogen-bond acceptors (Lipinski definition) is 7. The van der Waals surface area contributed by atoms with Gasteiger partial charge in [0.15, 0.2) is 0 Å². The van der Waals surface area contributed by atoms with Crippen LogP contribution in [0.5, 0.6) is 0 Å². The highest BCUT2D eigenvalue weighted by Gasteiger charge is 2.10. The van der Waals surface area contributed by atoms with E-state index in [1.165, 1.54) is 0 Å². The molecule has 0 radical (unpaired) electrons. The summed E-state index contributed by atoms with van der Waals surface area (Å²) in [5, 5.41) is 24.9. The molecule has 0 rings (SSSR count). The van der Waals surface area contributed by atoms with E-state index in [9.17, 15) is 14.4 Å². The standard InChI is InChI=1S/C6H14N2O2.C6H11NO4S/c7-4-2-1-3-5(8)6(9)10;7-4(6(10)11)1-2-12-3-5(8)9/h5H,1-4,7-8H2,(H,9,10);4H,1-3,7H2,(H,8,9)(H,10,11)/t5-;4-/m00/s1. The molecule has 0 unspecified atom stereocenters. The summed E-state index contributed by atoms with van der Waals surface area (Å²) >= 11 is 1.16. The summed E-state index contributed by atoms with van der Waals surface area (Å²) < 4.78 is 0. The SMILES string of the molecule is NCCCC[C@H](N)C(=O)O.N[C@@H](CCSCC(=O)O)C(=O)O. The molecule has 10 heteroatoms. The number of unbranched alkanes of at least 4 members (excludes halogenated alkanes) is 1. The zero-order valence-electron chi connectivity index (χ0n) is 12.3. The lowest BCUT2D eigenvalue weighted by atomic mass is 10.1. The molecule has 0 aromatic heterocycles. The molecular formula is C12H25N3O6S. The van der Waals surface area contributed by atoms with Gasteiger partial charge in [0.05, 0.1) is 5.75 Å². The normalized spacial score (nSPS) is 12.7. The third kappa shape index (κ3) is 16.7. The van der Waals surface area contributed by atoms with Gasteiger partial charge < -0.3 is 32.5 Å². The first-order valence-corrected chi connectivity index (χ1v) is 7.84. The van der Waals surface area contributed by atoms with Crippen LogP contribution in [0.1, 0.15) is 25.7 Å². The molecule has 0 amide bonds. The zero-order valence-corrected chi connectivity index (χ0v) is 13.1. The van der Waals surface area contributed by atoms with E-state index < -0.39 is 30.0 Å². The van der Waals surface area contributed by atoms with Crippen molar-refractivity contribution in [2.75, 3.05) is 18.1 Å². The molecule has 22 heavy (non-hydrogen) atoms. The van der Waals surface area contributed by atoms with Crippen molar-refractivity contribution in [2.45, 2.75) is 37.8 Å². The van der Waals surface area contributed by atoms with Gasteiger partial charge in [-0.25, -0.2) is 0 Å². The second-order valence-corrected chi connectivity index (χ2v) is 5.51. The van der Waals surface area contributed by atoms with E-state index in [-0.39, 0.29) is 5.75 Å². The summed E-state index contributed by atoms with van der Waals surface area (Å²) in [4.78, 5) is 30.3. The Bertz CT molecular complexity index is 343. The van der Waals surface area contributed by atoms with Crippen molar-refractivity contribution in [2.24, 2.45) is 17.2 Å². The van der Waals surface area contributed by atoms with E-state index in [0.29, 0.717) is 25.1 Å². The number of carboxylic acids is 3.